The number of hydrogen-bond acceptors (Lipinski definition) is 5. The van der Waals surface area contributed by atoms with Gasteiger partial charge in [0.25, 0.3) is 5.56 Å². The highest BCUT2D eigenvalue weighted by atomic mass is 32.1. The van der Waals surface area contributed by atoms with Crippen LogP contribution >= 0.6 is 11.3 Å². The van der Waals surface area contributed by atoms with E-state index >= 15 is 0 Å². The lowest BCUT2D eigenvalue weighted by molar-refractivity contribution is -0.122. The summed E-state index contributed by atoms with van der Waals surface area (Å²) in [7, 11) is 0. The maximum absolute atomic E-state index is 12.9. The van der Waals surface area contributed by atoms with E-state index in [1.807, 2.05) is 15.8 Å². The molecule has 1 saturated carbocycles. The fourth-order valence-electron chi connectivity index (χ4n) is 4.20. The first-order valence-electron chi connectivity index (χ1n) is 10.6. The fourth-order valence-corrected chi connectivity index (χ4v) is 5.03. The summed E-state index contributed by atoms with van der Waals surface area (Å²) in [6.45, 7) is 7.03. The molecule has 1 N–H and O–H groups in total. The number of nitrogens with one attached hydrogen (secondary N) is 1. The number of thiophene rings is 1. The Morgan fingerprint density at radius 2 is 2.03 bits per heavy atom. The molecule has 29 heavy (non-hydrogen) atoms. The zero-order chi connectivity index (χ0) is 20.5. The van der Waals surface area contributed by atoms with E-state index in [9.17, 15) is 9.59 Å². The van der Waals surface area contributed by atoms with Crippen molar-refractivity contribution in [3.05, 3.63) is 27.6 Å². The summed E-state index contributed by atoms with van der Waals surface area (Å²) in [5.41, 5.74) is 0.816. The highest BCUT2D eigenvalue weighted by molar-refractivity contribution is 7.17. The van der Waals surface area contributed by atoms with Gasteiger partial charge in [-0.15, -0.1) is 21.5 Å². The quantitative estimate of drug-likeness (QED) is 0.669. The van der Waals surface area contributed by atoms with Gasteiger partial charge < -0.3 is 5.32 Å². The molecule has 1 aliphatic carbocycles. The second kappa shape index (κ2) is 8.26. The van der Waals surface area contributed by atoms with E-state index < -0.39 is 0 Å². The van der Waals surface area contributed by atoms with Crippen LogP contribution in [0.1, 0.15) is 58.7 Å². The summed E-state index contributed by atoms with van der Waals surface area (Å²) in [5.74, 6) is 2.44. The van der Waals surface area contributed by atoms with Crippen molar-refractivity contribution in [2.45, 2.75) is 71.9 Å². The molecule has 3 aromatic rings. The van der Waals surface area contributed by atoms with Crippen LogP contribution in [-0.4, -0.2) is 31.1 Å². The first kappa shape index (κ1) is 20.1. The molecule has 1 fully saturated rings. The van der Waals surface area contributed by atoms with Crippen LogP contribution in [0.15, 0.2) is 16.2 Å². The second-order valence-corrected chi connectivity index (χ2v) is 9.64. The molecule has 3 heterocycles. The molecule has 0 aliphatic heterocycles. The highest BCUT2D eigenvalue weighted by Gasteiger charge is 2.21. The van der Waals surface area contributed by atoms with Crippen molar-refractivity contribution >= 4 is 33.2 Å². The van der Waals surface area contributed by atoms with Gasteiger partial charge in [-0.25, -0.2) is 0 Å². The molecule has 7 nitrogen and oxygen atoms in total. The number of hydrogen-bond donors (Lipinski definition) is 1. The van der Waals surface area contributed by atoms with Crippen LogP contribution in [-0.2, 0) is 17.8 Å². The van der Waals surface area contributed by atoms with E-state index in [1.54, 1.807) is 4.57 Å². The van der Waals surface area contributed by atoms with Crippen LogP contribution in [0.2, 0.25) is 0 Å². The number of nitrogens with zero attached hydrogens (tertiary/aromatic N) is 4. The highest BCUT2D eigenvalue weighted by Crippen LogP contribution is 2.24. The molecule has 0 atom stereocenters. The number of carbonyl (C=O) groups is 1. The van der Waals surface area contributed by atoms with Crippen LogP contribution < -0.4 is 10.9 Å². The predicted molar refractivity (Wildman–Crippen MR) is 115 cm³/mol. The van der Waals surface area contributed by atoms with Crippen molar-refractivity contribution in [3.8, 4) is 0 Å². The molecule has 156 valence electrons. The first-order valence-corrected chi connectivity index (χ1v) is 11.5. The molecule has 0 spiro atoms. The van der Waals surface area contributed by atoms with Crippen molar-refractivity contribution in [2.24, 2.45) is 11.8 Å². The number of aromatic nitrogens is 4. The summed E-state index contributed by atoms with van der Waals surface area (Å²) in [6, 6.07) is 2.23. The summed E-state index contributed by atoms with van der Waals surface area (Å²) >= 11 is 1.44. The Morgan fingerprint density at radius 1 is 1.28 bits per heavy atom. The minimum atomic E-state index is -0.0144. The van der Waals surface area contributed by atoms with Crippen molar-refractivity contribution in [3.63, 3.8) is 0 Å². The SMILES string of the molecule is CC(C)Cn1c(=O)c2sccc2n2c(CCC(=O)NC3CCC(C)CC3)nnc12. The van der Waals surface area contributed by atoms with Crippen LogP contribution in [0.3, 0.4) is 0 Å². The van der Waals surface area contributed by atoms with Gasteiger partial charge in [-0.3, -0.25) is 18.6 Å². The monoisotopic (exact) mass is 415 g/mol. The number of rotatable bonds is 6. The molecule has 1 amide bonds. The van der Waals surface area contributed by atoms with Crippen molar-refractivity contribution < 1.29 is 4.79 Å². The number of fused-ring (bicyclic) bond motifs is 3. The minimum absolute atomic E-state index is 0.0144. The Hall–Kier alpha value is -2.22. The summed E-state index contributed by atoms with van der Waals surface area (Å²) in [6.07, 6.45) is 5.38. The Morgan fingerprint density at radius 3 is 2.76 bits per heavy atom. The first-order chi connectivity index (χ1) is 13.9. The van der Waals surface area contributed by atoms with Crippen LogP contribution in [0.25, 0.3) is 16.0 Å². The molecular formula is C21H29N5O2S. The van der Waals surface area contributed by atoms with E-state index in [1.165, 1.54) is 24.2 Å². The van der Waals surface area contributed by atoms with Gasteiger partial charge in [-0.1, -0.05) is 20.8 Å². The van der Waals surface area contributed by atoms with Gasteiger partial charge in [0, 0.05) is 25.4 Å². The van der Waals surface area contributed by atoms with E-state index in [-0.39, 0.29) is 11.5 Å². The smallest absolute Gasteiger partial charge is 0.272 e. The van der Waals surface area contributed by atoms with Crippen LogP contribution in [0.5, 0.6) is 0 Å². The summed E-state index contributed by atoms with van der Waals surface area (Å²) in [4.78, 5) is 25.4. The molecule has 0 aromatic carbocycles. The minimum Gasteiger partial charge on any atom is -0.353 e. The van der Waals surface area contributed by atoms with Crippen molar-refractivity contribution in [2.75, 3.05) is 0 Å². The Balaban J connectivity index is 1.56. The molecule has 0 bridgehead atoms. The summed E-state index contributed by atoms with van der Waals surface area (Å²) < 4.78 is 4.37. The Labute approximate surface area is 174 Å². The molecule has 8 heteroatoms. The van der Waals surface area contributed by atoms with E-state index in [0.29, 0.717) is 41.8 Å². The van der Waals surface area contributed by atoms with Crippen LogP contribution in [0, 0.1) is 11.8 Å². The van der Waals surface area contributed by atoms with E-state index in [4.69, 9.17) is 0 Å². The lowest BCUT2D eigenvalue weighted by Crippen LogP contribution is -2.37. The van der Waals surface area contributed by atoms with Crippen molar-refractivity contribution in [1.29, 1.82) is 0 Å². The van der Waals surface area contributed by atoms with E-state index in [2.05, 4.69) is 36.3 Å². The van der Waals surface area contributed by atoms with Gasteiger partial charge in [-0.05, 0) is 49.0 Å². The van der Waals surface area contributed by atoms with E-state index in [0.717, 1.165) is 30.1 Å². The second-order valence-electron chi connectivity index (χ2n) is 8.72. The molecular weight excluding hydrogens is 386 g/mol. The molecule has 0 saturated heterocycles. The van der Waals surface area contributed by atoms with Gasteiger partial charge >= 0.3 is 0 Å². The fraction of sp³-hybridized carbons (Fsp3) is 0.619. The van der Waals surface area contributed by atoms with Crippen molar-refractivity contribution in [1.82, 2.24) is 24.5 Å². The number of aryl methyl sites for hydroxylation is 1. The number of amides is 1. The zero-order valence-corrected chi connectivity index (χ0v) is 18.2. The largest absolute Gasteiger partial charge is 0.353 e. The zero-order valence-electron chi connectivity index (χ0n) is 17.4. The predicted octanol–water partition coefficient (Wildman–Crippen LogP) is 3.39. The maximum Gasteiger partial charge on any atom is 0.272 e. The van der Waals surface area contributed by atoms with Gasteiger partial charge in [0.2, 0.25) is 11.7 Å². The average Bonchev–Trinajstić information content (AvgIpc) is 3.32. The Kier molecular flexibility index (Phi) is 5.72. The molecule has 0 unspecified atom stereocenters. The molecule has 3 aromatic heterocycles. The summed E-state index contributed by atoms with van der Waals surface area (Å²) in [5, 5.41) is 13.8. The van der Waals surface area contributed by atoms with Gasteiger partial charge in [-0.2, -0.15) is 0 Å². The van der Waals surface area contributed by atoms with Gasteiger partial charge in [0.05, 0.1) is 5.52 Å². The topological polar surface area (TPSA) is 81.3 Å². The third-order valence-corrected chi connectivity index (χ3v) is 6.68. The molecule has 4 rings (SSSR count). The van der Waals surface area contributed by atoms with Gasteiger partial charge in [0.15, 0.2) is 0 Å². The molecule has 0 radical (unpaired) electrons. The Bertz CT molecular complexity index is 1070. The normalized spacial score (nSPS) is 20.0. The molecule has 1 aliphatic rings. The standard InChI is InChI=1S/C21H29N5O2S/c1-13(2)12-25-20(28)19-16(10-11-29-19)26-17(23-24-21(25)26)8-9-18(27)22-15-6-4-14(3)5-7-15/h10-11,13-15H,4-9,12H2,1-3H3,(H,22,27). The lowest BCUT2D eigenvalue weighted by atomic mass is 9.87. The van der Waals surface area contributed by atoms with Crippen LogP contribution in [0.4, 0.5) is 0 Å². The maximum atomic E-state index is 12.9. The third kappa shape index (κ3) is 4.08. The third-order valence-electron chi connectivity index (χ3n) is 5.78. The van der Waals surface area contributed by atoms with Gasteiger partial charge in [0.1, 0.15) is 10.5 Å². The number of carbonyl (C=O) groups excluding carboxylic acids is 1. The average molecular weight is 416 g/mol. The lowest BCUT2D eigenvalue weighted by Gasteiger charge is -2.26.